The van der Waals surface area contributed by atoms with Crippen molar-refractivity contribution in [3.05, 3.63) is 23.5 Å². The van der Waals surface area contributed by atoms with Gasteiger partial charge in [0.2, 0.25) is 5.91 Å². The molecule has 2 atom stereocenters. The molecule has 3 aliphatic heterocycles. The molecule has 0 N–H and O–H groups in total. The fourth-order valence-electron chi connectivity index (χ4n) is 4.93. The first-order chi connectivity index (χ1) is 12.5. The number of amides is 2. The maximum Gasteiger partial charge on any atom is 0.270 e. The molecule has 4 rings (SSSR count). The van der Waals surface area contributed by atoms with E-state index in [0.717, 1.165) is 76.3 Å². The Morgan fingerprint density at radius 3 is 2.77 bits per heavy atom. The molecule has 2 amide bonds. The van der Waals surface area contributed by atoms with E-state index in [9.17, 15) is 9.59 Å². The first kappa shape index (κ1) is 17.6. The third-order valence-corrected chi connectivity index (χ3v) is 6.54. The monoisotopic (exact) mass is 359 g/mol. The molecule has 3 fully saturated rings. The van der Waals surface area contributed by atoms with Crippen LogP contribution in [-0.4, -0.2) is 59.0 Å². The van der Waals surface area contributed by atoms with Crippen LogP contribution in [0.15, 0.2) is 12.1 Å². The lowest BCUT2D eigenvalue weighted by Gasteiger charge is -2.35. The predicted molar refractivity (Wildman–Crippen MR) is 97.8 cm³/mol. The highest BCUT2D eigenvalue weighted by Crippen LogP contribution is 2.39. The van der Waals surface area contributed by atoms with Crippen LogP contribution in [0.4, 0.5) is 0 Å². The maximum absolute atomic E-state index is 13.1. The average Bonchev–Trinajstić information content (AvgIpc) is 3.36. The number of hydrogen-bond donors (Lipinski definition) is 0. The summed E-state index contributed by atoms with van der Waals surface area (Å²) >= 11 is 0. The second-order valence-corrected chi connectivity index (χ2v) is 8.21. The molecule has 0 aliphatic carbocycles. The Hall–Kier alpha value is -1.82. The van der Waals surface area contributed by atoms with Crippen molar-refractivity contribution in [2.24, 2.45) is 12.5 Å². The smallest absolute Gasteiger partial charge is 0.270 e. The summed E-state index contributed by atoms with van der Waals surface area (Å²) in [6.07, 6.45) is 5.25. The van der Waals surface area contributed by atoms with E-state index < -0.39 is 0 Å². The SMILES string of the molecule is CC(=O)N1CCCC[C@H]1c1ccc(C(=O)N2CC[C@]3(CCOC3)C2)n1C. The van der Waals surface area contributed by atoms with Crippen molar-refractivity contribution in [3.63, 3.8) is 0 Å². The minimum absolute atomic E-state index is 0.0842. The maximum atomic E-state index is 13.1. The number of hydrogen-bond acceptors (Lipinski definition) is 3. The first-order valence-electron chi connectivity index (χ1n) is 9.81. The number of ether oxygens (including phenoxy) is 1. The topological polar surface area (TPSA) is 54.8 Å². The number of aromatic nitrogens is 1. The van der Waals surface area contributed by atoms with Gasteiger partial charge in [0.05, 0.1) is 12.6 Å². The van der Waals surface area contributed by atoms with Crippen LogP contribution in [0, 0.1) is 5.41 Å². The van der Waals surface area contributed by atoms with Crippen molar-refractivity contribution >= 4 is 11.8 Å². The fraction of sp³-hybridized carbons (Fsp3) is 0.700. The second-order valence-electron chi connectivity index (χ2n) is 8.21. The van der Waals surface area contributed by atoms with Crippen LogP contribution in [0.1, 0.15) is 61.3 Å². The van der Waals surface area contributed by atoms with E-state index in [1.165, 1.54) is 0 Å². The van der Waals surface area contributed by atoms with Crippen LogP contribution < -0.4 is 0 Å². The molecule has 1 aromatic heterocycles. The Kier molecular flexibility index (Phi) is 4.55. The summed E-state index contributed by atoms with van der Waals surface area (Å²) < 4.78 is 7.58. The van der Waals surface area contributed by atoms with Gasteiger partial charge in [0.25, 0.3) is 5.91 Å². The number of rotatable bonds is 2. The van der Waals surface area contributed by atoms with Crippen molar-refractivity contribution in [1.82, 2.24) is 14.4 Å². The number of likely N-dealkylation sites (tertiary alicyclic amines) is 2. The number of nitrogens with zero attached hydrogens (tertiary/aromatic N) is 3. The standard InChI is InChI=1S/C20H29N3O3/c1-15(24)23-10-4-3-5-17(23)16-6-7-18(21(16)2)19(25)22-11-8-20(13-22)9-12-26-14-20/h6-7,17H,3-5,8-14H2,1-2H3/t17-,20-/m0/s1. The van der Waals surface area contributed by atoms with Crippen LogP contribution >= 0.6 is 0 Å². The molecule has 26 heavy (non-hydrogen) atoms. The summed E-state index contributed by atoms with van der Waals surface area (Å²) in [7, 11) is 1.96. The number of carbonyl (C=O) groups is 2. The van der Waals surface area contributed by atoms with E-state index in [-0.39, 0.29) is 23.3 Å². The van der Waals surface area contributed by atoms with Crippen molar-refractivity contribution < 1.29 is 14.3 Å². The molecule has 0 unspecified atom stereocenters. The highest BCUT2D eigenvalue weighted by molar-refractivity contribution is 5.93. The van der Waals surface area contributed by atoms with E-state index in [2.05, 4.69) is 0 Å². The molecule has 4 heterocycles. The van der Waals surface area contributed by atoms with E-state index in [4.69, 9.17) is 4.74 Å². The Morgan fingerprint density at radius 2 is 2.04 bits per heavy atom. The van der Waals surface area contributed by atoms with Gasteiger partial charge in [-0.25, -0.2) is 0 Å². The second kappa shape index (κ2) is 6.72. The quantitative estimate of drug-likeness (QED) is 0.814. The molecule has 3 saturated heterocycles. The Morgan fingerprint density at radius 1 is 1.19 bits per heavy atom. The molecule has 3 aliphatic rings. The van der Waals surface area contributed by atoms with Crippen LogP contribution in [0.25, 0.3) is 0 Å². The summed E-state index contributed by atoms with van der Waals surface area (Å²) in [4.78, 5) is 29.1. The van der Waals surface area contributed by atoms with E-state index in [0.29, 0.717) is 0 Å². The van der Waals surface area contributed by atoms with Crippen LogP contribution in [-0.2, 0) is 16.6 Å². The predicted octanol–water partition coefficient (Wildman–Crippen LogP) is 2.35. The molecular weight excluding hydrogens is 330 g/mol. The van der Waals surface area contributed by atoms with E-state index >= 15 is 0 Å². The largest absolute Gasteiger partial charge is 0.381 e. The lowest BCUT2D eigenvalue weighted by molar-refractivity contribution is -0.132. The summed E-state index contributed by atoms with van der Waals surface area (Å²) in [5.74, 6) is 0.221. The number of carbonyl (C=O) groups excluding carboxylic acids is 2. The lowest BCUT2D eigenvalue weighted by atomic mass is 9.87. The first-order valence-corrected chi connectivity index (χ1v) is 9.81. The van der Waals surface area contributed by atoms with Crippen LogP contribution in [0.3, 0.4) is 0 Å². The molecule has 1 aromatic rings. The van der Waals surface area contributed by atoms with Crippen molar-refractivity contribution in [3.8, 4) is 0 Å². The molecule has 142 valence electrons. The highest BCUT2D eigenvalue weighted by atomic mass is 16.5. The van der Waals surface area contributed by atoms with Gasteiger partial charge in [-0.05, 0) is 44.2 Å². The molecule has 0 bridgehead atoms. The Bertz CT molecular complexity index is 705. The minimum atomic E-state index is 0.0842. The molecule has 6 heteroatoms. The molecule has 6 nitrogen and oxygen atoms in total. The van der Waals surface area contributed by atoms with Crippen molar-refractivity contribution in [2.75, 3.05) is 32.8 Å². The zero-order valence-electron chi connectivity index (χ0n) is 15.9. The third-order valence-electron chi connectivity index (χ3n) is 6.54. The van der Waals surface area contributed by atoms with Gasteiger partial charge < -0.3 is 19.1 Å². The Balaban J connectivity index is 1.53. The zero-order valence-corrected chi connectivity index (χ0v) is 15.9. The summed E-state index contributed by atoms with van der Waals surface area (Å²) in [6.45, 7) is 5.66. The summed E-state index contributed by atoms with van der Waals surface area (Å²) in [5, 5.41) is 0. The third kappa shape index (κ3) is 2.94. The van der Waals surface area contributed by atoms with Crippen molar-refractivity contribution in [1.29, 1.82) is 0 Å². The minimum Gasteiger partial charge on any atom is -0.381 e. The van der Waals surface area contributed by atoms with Gasteiger partial charge in [0.15, 0.2) is 0 Å². The van der Waals surface area contributed by atoms with Gasteiger partial charge in [0.1, 0.15) is 5.69 Å². The van der Waals surface area contributed by atoms with Crippen molar-refractivity contribution in [2.45, 2.75) is 45.1 Å². The van der Waals surface area contributed by atoms with Crippen LogP contribution in [0.2, 0.25) is 0 Å². The van der Waals surface area contributed by atoms with Gasteiger partial charge in [0, 0.05) is 51.3 Å². The van der Waals surface area contributed by atoms with Crippen LogP contribution in [0.5, 0.6) is 0 Å². The average molecular weight is 359 g/mol. The molecular formula is C20H29N3O3. The Labute approximate surface area is 155 Å². The van der Waals surface area contributed by atoms with E-state index in [1.807, 2.05) is 33.5 Å². The normalized spacial score (nSPS) is 28.9. The van der Waals surface area contributed by atoms with Gasteiger partial charge >= 0.3 is 0 Å². The van der Waals surface area contributed by atoms with Gasteiger partial charge in [-0.2, -0.15) is 0 Å². The van der Waals surface area contributed by atoms with E-state index in [1.54, 1.807) is 6.92 Å². The fourth-order valence-corrected chi connectivity index (χ4v) is 4.93. The summed E-state index contributed by atoms with van der Waals surface area (Å²) in [5.41, 5.74) is 1.98. The molecule has 0 radical (unpaired) electrons. The summed E-state index contributed by atoms with van der Waals surface area (Å²) in [6, 6.07) is 4.05. The molecule has 0 aromatic carbocycles. The van der Waals surface area contributed by atoms with Gasteiger partial charge in [-0.3, -0.25) is 9.59 Å². The highest BCUT2D eigenvalue weighted by Gasteiger charge is 2.43. The van der Waals surface area contributed by atoms with Gasteiger partial charge in [-0.1, -0.05) is 0 Å². The molecule has 1 spiro atoms. The molecule has 0 saturated carbocycles. The lowest BCUT2D eigenvalue weighted by Crippen LogP contribution is -2.38. The number of piperidine rings is 1. The zero-order chi connectivity index (χ0) is 18.3. The van der Waals surface area contributed by atoms with Gasteiger partial charge in [-0.15, -0.1) is 0 Å².